The number of para-hydroxylation sites is 2. The van der Waals surface area contributed by atoms with Crippen LogP contribution in [0.25, 0.3) is 0 Å². The van der Waals surface area contributed by atoms with Crippen molar-refractivity contribution in [2.75, 3.05) is 0 Å². The van der Waals surface area contributed by atoms with Crippen molar-refractivity contribution in [3.05, 3.63) is 89.5 Å². The molecule has 0 radical (unpaired) electrons. The minimum absolute atomic E-state index is 0.649. The Morgan fingerprint density at radius 3 is 1.41 bits per heavy atom. The zero-order valence-electron chi connectivity index (χ0n) is 21.0. The summed E-state index contributed by atoms with van der Waals surface area (Å²) in [6, 6.07) is 23.8. The Balaban J connectivity index is 2.06. The normalized spacial score (nSPS) is 11.4. The summed E-state index contributed by atoms with van der Waals surface area (Å²) in [5.41, 5.74) is 3.17. The summed E-state index contributed by atoms with van der Waals surface area (Å²) in [5.74, 6) is 1.30. The summed E-state index contributed by atoms with van der Waals surface area (Å²) in [7, 11) is -3.71. The van der Waals surface area contributed by atoms with E-state index in [4.69, 9.17) is 9.05 Å². The quantitative estimate of drug-likeness (QED) is 0.217. The van der Waals surface area contributed by atoms with Crippen LogP contribution in [0.1, 0.15) is 76.0 Å². The maximum Gasteiger partial charge on any atom is 0.463 e. The van der Waals surface area contributed by atoms with E-state index in [1.54, 1.807) is 0 Å². The molecule has 0 unspecified atom stereocenters. The Bertz CT molecular complexity index is 1020. The van der Waals surface area contributed by atoms with Crippen LogP contribution < -0.4 is 14.4 Å². The molecule has 3 aromatic rings. The first-order valence-electron chi connectivity index (χ1n) is 12.8. The van der Waals surface area contributed by atoms with Crippen LogP contribution in [0.3, 0.4) is 0 Å². The fraction of sp³-hybridized carbons (Fsp3) is 0.400. The SMILES string of the molecule is CCCCc1ccccc1OP(=O)(Oc1ccccc1CCCC)c1ccccc1CCCC. The third-order valence-corrected chi connectivity index (χ3v) is 7.97. The Labute approximate surface area is 206 Å². The Morgan fingerprint density at radius 2 is 0.941 bits per heavy atom. The van der Waals surface area contributed by atoms with Crippen molar-refractivity contribution < 1.29 is 13.6 Å². The molecule has 0 amide bonds. The maximum atomic E-state index is 14.7. The van der Waals surface area contributed by atoms with Gasteiger partial charge in [-0.05, 0) is 73.4 Å². The smallest absolute Gasteiger partial charge is 0.413 e. The highest BCUT2D eigenvalue weighted by atomic mass is 31.2. The first kappa shape index (κ1) is 26.1. The average molecular weight is 479 g/mol. The van der Waals surface area contributed by atoms with Gasteiger partial charge in [0.05, 0.1) is 5.30 Å². The number of hydrogen-bond acceptors (Lipinski definition) is 3. The van der Waals surface area contributed by atoms with Gasteiger partial charge < -0.3 is 9.05 Å². The van der Waals surface area contributed by atoms with Gasteiger partial charge >= 0.3 is 7.60 Å². The number of rotatable bonds is 14. The number of unbranched alkanes of at least 4 members (excludes halogenated alkanes) is 3. The standard InChI is InChI=1S/C30H39O3P/c1-4-7-16-25-19-10-13-22-28(25)32-34(31,30-24-15-12-21-27(30)18-9-6-3)33-29-23-14-11-20-26(29)17-8-5-2/h10-15,19-24H,4-9,16-18H2,1-3H3. The first-order chi connectivity index (χ1) is 16.6. The van der Waals surface area contributed by atoms with Gasteiger partial charge in [-0.25, -0.2) is 4.57 Å². The van der Waals surface area contributed by atoms with Crippen LogP contribution in [0.15, 0.2) is 72.8 Å². The van der Waals surface area contributed by atoms with E-state index in [0.29, 0.717) is 16.8 Å². The molecular weight excluding hydrogens is 439 g/mol. The molecule has 0 aliphatic heterocycles. The van der Waals surface area contributed by atoms with Crippen molar-refractivity contribution in [1.29, 1.82) is 0 Å². The van der Waals surface area contributed by atoms with E-state index in [2.05, 4.69) is 39.0 Å². The first-order valence-corrected chi connectivity index (χ1v) is 14.4. The summed E-state index contributed by atoms with van der Waals surface area (Å²) in [6.07, 6.45) is 9.00. The average Bonchev–Trinajstić information content (AvgIpc) is 2.86. The monoisotopic (exact) mass is 478 g/mol. The molecular formula is C30H39O3P. The second-order valence-corrected chi connectivity index (χ2v) is 10.7. The van der Waals surface area contributed by atoms with Crippen molar-refractivity contribution >= 4 is 12.9 Å². The largest absolute Gasteiger partial charge is 0.463 e. The van der Waals surface area contributed by atoms with E-state index in [0.717, 1.165) is 74.5 Å². The van der Waals surface area contributed by atoms with Gasteiger partial charge in [0.2, 0.25) is 0 Å². The van der Waals surface area contributed by atoms with Gasteiger partial charge in [-0.2, -0.15) is 0 Å². The molecule has 0 bridgehead atoms. The second-order valence-electron chi connectivity index (χ2n) is 8.83. The van der Waals surface area contributed by atoms with Crippen LogP contribution in [0.4, 0.5) is 0 Å². The third-order valence-electron chi connectivity index (χ3n) is 6.07. The fourth-order valence-corrected chi connectivity index (χ4v) is 5.98. The van der Waals surface area contributed by atoms with Gasteiger partial charge in [0, 0.05) is 0 Å². The molecule has 3 rings (SSSR count). The molecule has 0 aliphatic carbocycles. The second kappa shape index (κ2) is 13.4. The third kappa shape index (κ3) is 7.00. The van der Waals surface area contributed by atoms with Crippen molar-refractivity contribution in [2.45, 2.75) is 78.6 Å². The highest BCUT2D eigenvalue weighted by molar-refractivity contribution is 7.63. The van der Waals surface area contributed by atoms with Crippen LogP contribution in [-0.4, -0.2) is 0 Å². The van der Waals surface area contributed by atoms with E-state index in [-0.39, 0.29) is 0 Å². The topological polar surface area (TPSA) is 35.5 Å². The zero-order chi connectivity index (χ0) is 24.2. The van der Waals surface area contributed by atoms with Gasteiger partial charge in [-0.3, -0.25) is 0 Å². The minimum Gasteiger partial charge on any atom is -0.413 e. The van der Waals surface area contributed by atoms with E-state index in [9.17, 15) is 4.57 Å². The summed E-state index contributed by atoms with van der Waals surface area (Å²) in [5, 5.41) is 0.666. The number of benzene rings is 3. The number of aryl methyl sites for hydroxylation is 3. The van der Waals surface area contributed by atoms with Crippen molar-refractivity contribution in [3.63, 3.8) is 0 Å². The minimum atomic E-state index is -3.71. The molecule has 3 nitrogen and oxygen atoms in total. The molecule has 0 saturated carbocycles. The van der Waals surface area contributed by atoms with E-state index in [1.807, 2.05) is 54.6 Å². The molecule has 4 heteroatoms. The number of hydrogen-bond donors (Lipinski definition) is 0. The van der Waals surface area contributed by atoms with Gasteiger partial charge in [-0.15, -0.1) is 0 Å². The molecule has 3 aromatic carbocycles. The van der Waals surface area contributed by atoms with Gasteiger partial charge in [0.25, 0.3) is 0 Å². The molecule has 182 valence electrons. The van der Waals surface area contributed by atoms with Gasteiger partial charge in [0.15, 0.2) is 0 Å². The Morgan fingerprint density at radius 1 is 0.559 bits per heavy atom. The Hall–Kier alpha value is -2.51. The lowest BCUT2D eigenvalue weighted by Crippen LogP contribution is -2.20. The van der Waals surface area contributed by atoms with Gasteiger partial charge in [-0.1, -0.05) is 94.6 Å². The van der Waals surface area contributed by atoms with E-state index >= 15 is 0 Å². The lowest BCUT2D eigenvalue weighted by molar-refractivity contribution is 0.395. The molecule has 0 aliphatic rings. The van der Waals surface area contributed by atoms with Crippen LogP contribution in [0.2, 0.25) is 0 Å². The fourth-order valence-electron chi connectivity index (χ4n) is 4.07. The lowest BCUT2D eigenvalue weighted by Gasteiger charge is -2.24. The highest BCUT2D eigenvalue weighted by Crippen LogP contribution is 2.50. The summed E-state index contributed by atoms with van der Waals surface area (Å²) >= 11 is 0. The van der Waals surface area contributed by atoms with E-state index < -0.39 is 7.60 Å². The predicted octanol–water partition coefficient (Wildman–Crippen LogP) is 8.69. The summed E-state index contributed by atoms with van der Waals surface area (Å²) < 4.78 is 27.6. The predicted molar refractivity (Wildman–Crippen MR) is 144 cm³/mol. The van der Waals surface area contributed by atoms with Crippen molar-refractivity contribution in [2.24, 2.45) is 0 Å². The summed E-state index contributed by atoms with van der Waals surface area (Å²) in [6.45, 7) is 6.52. The van der Waals surface area contributed by atoms with Crippen LogP contribution >= 0.6 is 7.60 Å². The van der Waals surface area contributed by atoms with Crippen LogP contribution in [0, 0.1) is 0 Å². The maximum absolute atomic E-state index is 14.7. The zero-order valence-corrected chi connectivity index (χ0v) is 21.9. The molecule has 0 fully saturated rings. The molecule has 0 aromatic heterocycles. The van der Waals surface area contributed by atoms with Crippen molar-refractivity contribution in [1.82, 2.24) is 0 Å². The summed E-state index contributed by atoms with van der Waals surface area (Å²) in [4.78, 5) is 0. The Kier molecular flexibility index (Phi) is 10.3. The van der Waals surface area contributed by atoms with Gasteiger partial charge in [0.1, 0.15) is 11.5 Å². The molecule has 0 saturated heterocycles. The lowest BCUT2D eigenvalue weighted by atomic mass is 10.1. The molecule has 34 heavy (non-hydrogen) atoms. The highest BCUT2D eigenvalue weighted by Gasteiger charge is 2.35. The molecule has 0 atom stereocenters. The van der Waals surface area contributed by atoms with Crippen molar-refractivity contribution in [3.8, 4) is 11.5 Å². The van der Waals surface area contributed by atoms with Crippen LogP contribution in [-0.2, 0) is 23.8 Å². The molecule has 0 spiro atoms. The molecule has 0 N–H and O–H groups in total. The van der Waals surface area contributed by atoms with E-state index in [1.165, 1.54) is 0 Å². The molecule has 0 heterocycles. The van der Waals surface area contributed by atoms with Crippen LogP contribution in [0.5, 0.6) is 11.5 Å².